The Balaban J connectivity index is 2.84. The average Bonchev–Trinajstić information content (AvgIpc) is 2.45. The number of carbonyl (C=O) groups excluding carboxylic acids is 2. The number of carbonyl (C=O) groups is 3. The number of Topliss-reactive ketones (excluding diaryl/α,β-unsaturated/α-hetero) is 1. The van der Waals surface area contributed by atoms with Crippen molar-refractivity contribution in [2.75, 3.05) is 0 Å². The molecule has 1 rings (SSSR count). The van der Waals surface area contributed by atoms with Crippen molar-refractivity contribution < 1.29 is 24.2 Å². The van der Waals surface area contributed by atoms with Gasteiger partial charge in [0.25, 0.3) is 0 Å². The zero-order valence-electron chi connectivity index (χ0n) is 14.5. The first-order chi connectivity index (χ1) is 11.1. The number of rotatable bonds is 7. The maximum Gasteiger partial charge on any atom is 0.408 e. The van der Waals surface area contributed by atoms with Crippen molar-refractivity contribution in [2.45, 2.75) is 52.2 Å². The van der Waals surface area contributed by atoms with Crippen LogP contribution in [0.5, 0.6) is 0 Å². The summed E-state index contributed by atoms with van der Waals surface area (Å²) in [6.45, 7) is 6.65. The maximum absolute atomic E-state index is 12.4. The van der Waals surface area contributed by atoms with Gasteiger partial charge in [-0.05, 0) is 32.8 Å². The summed E-state index contributed by atoms with van der Waals surface area (Å²) in [7, 11) is 0. The molecule has 0 saturated heterocycles. The molecule has 0 aliphatic rings. The summed E-state index contributed by atoms with van der Waals surface area (Å²) in [5.41, 5.74) is 0.189. The minimum Gasteiger partial charge on any atom is -0.481 e. The molecular formula is C18H25NO5. The number of carboxylic acids is 1. The fourth-order valence-electron chi connectivity index (χ4n) is 2.08. The van der Waals surface area contributed by atoms with Crippen LogP contribution in [0.15, 0.2) is 30.3 Å². The van der Waals surface area contributed by atoms with Gasteiger partial charge in [-0.15, -0.1) is 0 Å². The van der Waals surface area contributed by atoms with Crippen molar-refractivity contribution in [1.82, 2.24) is 5.32 Å². The third-order valence-corrected chi connectivity index (χ3v) is 3.29. The molecule has 0 radical (unpaired) electrons. The zero-order valence-corrected chi connectivity index (χ0v) is 14.5. The highest BCUT2D eigenvalue weighted by atomic mass is 16.6. The fourth-order valence-corrected chi connectivity index (χ4v) is 2.08. The molecule has 1 amide bonds. The predicted octanol–water partition coefficient (Wildman–Crippen LogP) is 2.80. The van der Waals surface area contributed by atoms with Crippen molar-refractivity contribution in [3.63, 3.8) is 0 Å². The normalized spacial score (nSPS) is 13.7. The molecule has 132 valence electrons. The van der Waals surface area contributed by atoms with Gasteiger partial charge in [-0.2, -0.15) is 0 Å². The van der Waals surface area contributed by atoms with Crippen LogP contribution in [0.2, 0.25) is 0 Å². The maximum atomic E-state index is 12.4. The molecule has 0 aromatic heterocycles. The number of amides is 1. The molecule has 0 spiro atoms. The first-order valence-electron chi connectivity index (χ1n) is 7.87. The molecule has 24 heavy (non-hydrogen) atoms. The Morgan fingerprint density at radius 1 is 1.17 bits per heavy atom. The molecule has 2 atom stereocenters. The van der Waals surface area contributed by atoms with E-state index in [0.717, 1.165) is 5.56 Å². The zero-order chi connectivity index (χ0) is 18.3. The van der Waals surface area contributed by atoms with Crippen LogP contribution < -0.4 is 5.32 Å². The van der Waals surface area contributed by atoms with Gasteiger partial charge in [-0.25, -0.2) is 4.79 Å². The van der Waals surface area contributed by atoms with E-state index < -0.39 is 29.6 Å². The number of benzene rings is 1. The Bertz CT molecular complexity index is 577. The highest BCUT2D eigenvalue weighted by Crippen LogP contribution is 2.12. The lowest BCUT2D eigenvalue weighted by atomic mass is 9.96. The lowest BCUT2D eigenvalue weighted by molar-refractivity contribution is -0.143. The first-order valence-corrected chi connectivity index (χ1v) is 7.87. The molecular weight excluding hydrogens is 310 g/mol. The second-order valence-corrected chi connectivity index (χ2v) is 6.80. The van der Waals surface area contributed by atoms with E-state index in [1.807, 2.05) is 30.3 Å². The Morgan fingerprint density at radius 3 is 2.25 bits per heavy atom. The summed E-state index contributed by atoms with van der Waals surface area (Å²) in [6, 6.07) is 8.39. The Kier molecular flexibility index (Phi) is 6.95. The minimum absolute atomic E-state index is 0.150. The Morgan fingerprint density at radius 2 is 1.75 bits per heavy atom. The standard InChI is InChI=1S/C18H25NO5/c1-12(16(21)22)10-15(20)14(11-13-8-6-5-7-9-13)19-17(23)24-18(2,3)4/h5-9,12,14H,10-11H2,1-4H3,(H,19,23)(H,21,22). The van der Waals surface area contributed by atoms with E-state index >= 15 is 0 Å². The van der Waals surface area contributed by atoms with Crippen LogP contribution >= 0.6 is 0 Å². The van der Waals surface area contributed by atoms with Crippen molar-refractivity contribution in [2.24, 2.45) is 5.92 Å². The largest absolute Gasteiger partial charge is 0.481 e. The molecule has 0 saturated carbocycles. The van der Waals surface area contributed by atoms with E-state index in [9.17, 15) is 14.4 Å². The highest BCUT2D eigenvalue weighted by Gasteiger charge is 2.27. The number of aliphatic carboxylic acids is 1. The van der Waals surface area contributed by atoms with E-state index in [2.05, 4.69) is 5.32 Å². The molecule has 0 aliphatic carbocycles. The van der Waals surface area contributed by atoms with Gasteiger partial charge in [0.15, 0.2) is 5.78 Å². The van der Waals surface area contributed by atoms with Crippen LogP contribution in [0.3, 0.4) is 0 Å². The molecule has 0 aliphatic heterocycles. The van der Waals surface area contributed by atoms with Gasteiger partial charge in [0.05, 0.1) is 12.0 Å². The average molecular weight is 335 g/mol. The molecule has 0 fully saturated rings. The summed E-state index contributed by atoms with van der Waals surface area (Å²) in [5.74, 6) is -2.19. The van der Waals surface area contributed by atoms with E-state index in [1.165, 1.54) is 6.92 Å². The predicted molar refractivity (Wildman–Crippen MR) is 89.7 cm³/mol. The molecule has 1 aromatic rings. The van der Waals surface area contributed by atoms with E-state index in [-0.39, 0.29) is 18.6 Å². The van der Waals surface area contributed by atoms with Crippen molar-refractivity contribution in [3.8, 4) is 0 Å². The van der Waals surface area contributed by atoms with E-state index in [4.69, 9.17) is 9.84 Å². The van der Waals surface area contributed by atoms with Crippen molar-refractivity contribution in [1.29, 1.82) is 0 Å². The molecule has 6 nitrogen and oxygen atoms in total. The topological polar surface area (TPSA) is 92.7 Å². The van der Waals surface area contributed by atoms with Crippen LogP contribution in [0.25, 0.3) is 0 Å². The van der Waals surface area contributed by atoms with Gasteiger partial charge in [0, 0.05) is 6.42 Å². The van der Waals surface area contributed by atoms with Gasteiger partial charge in [-0.3, -0.25) is 9.59 Å². The molecule has 0 heterocycles. The fraction of sp³-hybridized carbons (Fsp3) is 0.500. The smallest absolute Gasteiger partial charge is 0.408 e. The third-order valence-electron chi connectivity index (χ3n) is 3.29. The second-order valence-electron chi connectivity index (χ2n) is 6.80. The number of alkyl carbamates (subject to hydrolysis) is 1. The van der Waals surface area contributed by atoms with Crippen LogP contribution in [0.1, 0.15) is 39.7 Å². The number of ketones is 1. The number of hydrogen-bond donors (Lipinski definition) is 2. The summed E-state index contributed by atoms with van der Waals surface area (Å²) < 4.78 is 5.19. The first kappa shape index (κ1) is 19.7. The van der Waals surface area contributed by atoms with Crippen LogP contribution in [-0.4, -0.2) is 34.6 Å². The van der Waals surface area contributed by atoms with Gasteiger partial charge >= 0.3 is 12.1 Å². The summed E-state index contributed by atoms with van der Waals surface area (Å²) >= 11 is 0. The minimum atomic E-state index is -1.04. The van der Waals surface area contributed by atoms with Gasteiger partial charge in [0.1, 0.15) is 5.60 Å². The number of carboxylic acid groups (broad SMARTS) is 1. The number of nitrogens with one attached hydrogen (secondary N) is 1. The Hall–Kier alpha value is -2.37. The van der Waals surface area contributed by atoms with Crippen LogP contribution in [0.4, 0.5) is 4.79 Å². The van der Waals surface area contributed by atoms with Crippen LogP contribution in [0, 0.1) is 5.92 Å². The molecule has 1 aromatic carbocycles. The number of ether oxygens (including phenoxy) is 1. The quantitative estimate of drug-likeness (QED) is 0.799. The monoisotopic (exact) mass is 335 g/mol. The molecule has 2 unspecified atom stereocenters. The van der Waals surface area contributed by atoms with Gasteiger partial charge in [0.2, 0.25) is 0 Å². The Labute approximate surface area is 142 Å². The third kappa shape index (κ3) is 7.26. The van der Waals surface area contributed by atoms with Crippen molar-refractivity contribution in [3.05, 3.63) is 35.9 Å². The summed E-state index contributed by atoms with van der Waals surface area (Å²) in [6.07, 6.45) is -0.562. The molecule has 0 bridgehead atoms. The second kappa shape index (κ2) is 8.47. The van der Waals surface area contributed by atoms with E-state index in [0.29, 0.717) is 0 Å². The SMILES string of the molecule is CC(CC(=O)C(Cc1ccccc1)NC(=O)OC(C)(C)C)C(=O)O. The summed E-state index contributed by atoms with van der Waals surface area (Å²) in [5, 5.41) is 11.5. The van der Waals surface area contributed by atoms with E-state index in [1.54, 1.807) is 20.8 Å². The molecule has 2 N–H and O–H groups in total. The van der Waals surface area contributed by atoms with Crippen molar-refractivity contribution >= 4 is 17.8 Å². The lowest BCUT2D eigenvalue weighted by Gasteiger charge is -2.23. The summed E-state index contributed by atoms with van der Waals surface area (Å²) in [4.78, 5) is 35.4. The number of hydrogen-bond acceptors (Lipinski definition) is 4. The van der Waals surface area contributed by atoms with Crippen LogP contribution in [-0.2, 0) is 20.7 Å². The van der Waals surface area contributed by atoms with Gasteiger partial charge in [-0.1, -0.05) is 37.3 Å². The highest BCUT2D eigenvalue weighted by molar-refractivity contribution is 5.90. The molecule has 6 heteroatoms. The van der Waals surface area contributed by atoms with Gasteiger partial charge < -0.3 is 15.2 Å². The lowest BCUT2D eigenvalue weighted by Crippen LogP contribution is -2.45.